The average molecular weight is 207 g/mol. The highest BCUT2D eigenvalue weighted by Gasteiger charge is 2.02. The second-order valence-electron chi connectivity index (χ2n) is 3.65. The summed E-state index contributed by atoms with van der Waals surface area (Å²) in [6.07, 6.45) is 1.03. The predicted molar refractivity (Wildman–Crippen MR) is 64.6 cm³/mol. The van der Waals surface area contributed by atoms with Crippen LogP contribution in [-0.2, 0) is 6.42 Å². The van der Waals surface area contributed by atoms with E-state index in [-0.39, 0.29) is 0 Å². The highest BCUT2D eigenvalue weighted by molar-refractivity contribution is 5.37. The number of nitrogens with one attached hydrogen (secondary N) is 1. The summed E-state index contributed by atoms with van der Waals surface area (Å²) < 4.78 is 5.59. The highest BCUT2D eigenvalue weighted by Crippen LogP contribution is 2.20. The van der Waals surface area contributed by atoms with Crippen molar-refractivity contribution in [3.63, 3.8) is 0 Å². The lowest BCUT2D eigenvalue weighted by atomic mass is 10.1. The van der Waals surface area contributed by atoms with Gasteiger partial charge in [0, 0.05) is 0 Å². The molecule has 1 aromatic rings. The lowest BCUT2D eigenvalue weighted by molar-refractivity contribution is 0.336. The largest absolute Gasteiger partial charge is 0.494 e. The molecular weight excluding hydrogens is 186 g/mol. The van der Waals surface area contributed by atoms with E-state index in [0.29, 0.717) is 0 Å². The molecule has 0 saturated heterocycles. The first-order valence-corrected chi connectivity index (χ1v) is 5.71. The molecule has 0 radical (unpaired) electrons. The number of aryl methyl sites for hydroxylation is 1. The number of likely N-dealkylation sites (N-methyl/N-ethyl adjacent to an activating group) is 1. The van der Waals surface area contributed by atoms with E-state index >= 15 is 0 Å². The van der Waals surface area contributed by atoms with Crippen molar-refractivity contribution in [2.24, 2.45) is 0 Å². The van der Waals surface area contributed by atoms with Crippen LogP contribution in [0.3, 0.4) is 0 Å². The molecule has 0 aromatic heterocycles. The van der Waals surface area contributed by atoms with Gasteiger partial charge < -0.3 is 10.1 Å². The van der Waals surface area contributed by atoms with Gasteiger partial charge in [0.15, 0.2) is 0 Å². The van der Waals surface area contributed by atoms with Crippen LogP contribution in [0.25, 0.3) is 0 Å². The lowest BCUT2D eigenvalue weighted by Crippen LogP contribution is -2.16. The van der Waals surface area contributed by atoms with Crippen molar-refractivity contribution in [2.45, 2.75) is 27.2 Å². The van der Waals surface area contributed by atoms with E-state index < -0.39 is 0 Å². The van der Waals surface area contributed by atoms with Gasteiger partial charge in [-0.3, -0.25) is 0 Å². The fourth-order valence-corrected chi connectivity index (χ4v) is 1.60. The maximum atomic E-state index is 5.59. The molecule has 0 saturated carbocycles. The molecule has 0 bridgehead atoms. The van der Waals surface area contributed by atoms with E-state index in [1.54, 1.807) is 0 Å². The Labute approximate surface area is 92.6 Å². The quantitative estimate of drug-likeness (QED) is 0.724. The first kappa shape index (κ1) is 12.1. The molecule has 0 unspecified atom stereocenters. The Morgan fingerprint density at radius 1 is 1.27 bits per heavy atom. The minimum absolute atomic E-state index is 0.733. The second kappa shape index (κ2) is 6.46. The third-order valence-corrected chi connectivity index (χ3v) is 2.34. The van der Waals surface area contributed by atoms with Crippen molar-refractivity contribution in [3.8, 4) is 5.75 Å². The summed E-state index contributed by atoms with van der Waals surface area (Å²) in [7, 11) is 0. The van der Waals surface area contributed by atoms with Crippen LogP contribution in [0.2, 0.25) is 0 Å². The van der Waals surface area contributed by atoms with Gasteiger partial charge in [0.1, 0.15) is 5.75 Å². The number of ether oxygens (including phenoxy) is 1. The van der Waals surface area contributed by atoms with Gasteiger partial charge in [-0.2, -0.15) is 0 Å². The minimum Gasteiger partial charge on any atom is -0.494 e. The first-order valence-electron chi connectivity index (χ1n) is 5.71. The lowest BCUT2D eigenvalue weighted by Gasteiger charge is -2.11. The normalized spacial score (nSPS) is 10.3. The molecule has 2 nitrogen and oxygen atoms in total. The molecule has 0 aliphatic carbocycles. The Kier molecular flexibility index (Phi) is 5.19. The smallest absolute Gasteiger partial charge is 0.122 e. The van der Waals surface area contributed by atoms with E-state index in [1.165, 1.54) is 11.1 Å². The standard InChI is InChI=1S/C13H21NO/c1-4-14-9-8-12-10-11(3)6-7-13(12)15-5-2/h6-7,10,14H,4-5,8-9H2,1-3H3. The van der Waals surface area contributed by atoms with Crippen LogP contribution in [0.4, 0.5) is 0 Å². The second-order valence-corrected chi connectivity index (χ2v) is 3.65. The Hall–Kier alpha value is -1.02. The van der Waals surface area contributed by atoms with Crippen LogP contribution in [0, 0.1) is 6.92 Å². The summed E-state index contributed by atoms with van der Waals surface area (Å²) in [6.45, 7) is 9.03. The number of hydrogen-bond donors (Lipinski definition) is 1. The topological polar surface area (TPSA) is 21.3 Å². The zero-order chi connectivity index (χ0) is 11.1. The summed E-state index contributed by atoms with van der Waals surface area (Å²) in [5, 5.41) is 3.33. The fraction of sp³-hybridized carbons (Fsp3) is 0.538. The van der Waals surface area contributed by atoms with Crippen LogP contribution in [-0.4, -0.2) is 19.7 Å². The molecule has 0 fully saturated rings. The Morgan fingerprint density at radius 2 is 2.07 bits per heavy atom. The van der Waals surface area contributed by atoms with Gasteiger partial charge in [-0.1, -0.05) is 24.6 Å². The van der Waals surface area contributed by atoms with Crippen molar-refractivity contribution in [2.75, 3.05) is 19.7 Å². The monoisotopic (exact) mass is 207 g/mol. The van der Waals surface area contributed by atoms with E-state index in [1.807, 2.05) is 6.92 Å². The molecule has 1 N–H and O–H groups in total. The van der Waals surface area contributed by atoms with Crippen molar-refractivity contribution in [1.29, 1.82) is 0 Å². The van der Waals surface area contributed by atoms with E-state index in [2.05, 4.69) is 37.4 Å². The molecule has 1 rings (SSSR count). The SMILES string of the molecule is CCNCCc1cc(C)ccc1OCC. The van der Waals surface area contributed by atoms with Crippen LogP contribution in [0.15, 0.2) is 18.2 Å². The number of rotatable bonds is 6. The molecule has 0 atom stereocenters. The minimum atomic E-state index is 0.733. The zero-order valence-corrected chi connectivity index (χ0v) is 9.97. The van der Waals surface area contributed by atoms with Crippen LogP contribution in [0.1, 0.15) is 25.0 Å². The molecule has 15 heavy (non-hydrogen) atoms. The summed E-state index contributed by atoms with van der Waals surface area (Å²) in [4.78, 5) is 0. The summed E-state index contributed by atoms with van der Waals surface area (Å²) in [5.74, 6) is 1.03. The average Bonchev–Trinajstić information content (AvgIpc) is 2.22. The molecule has 0 amide bonds. The number of benzene rings is 1. The van der Waals surface area contributed by atoms with E-state index in [0.717, 1.165) is 31.9 Å². The van der Waals surface area contributed by atoms with Crippen molar-refractivity contribution in [1.82, 2.24) is 5.32 Å². The van der Waals surface area contributed by atoms with Crippen LogP contribution >= 0.6 is 0 Å². The van der Waals surface area contributed by atoms with Gasteiger partial charge in [-0.05, 0) is 45.0 Å². The van der Waals surface area contributed by atoms with Gasteiger partial charge >= 0.3 is 0 Å². The molecule has 0 spiro atoms. The zero-order valence-electron chi connectivity index (χ0n) is 9.97. The van der Waals surface area contributed by atoms with Crippen LogP contribution < -0.4 is 10.1 Å². The first-order chi connectivity index (χ1) is 7.27. The maximum absolute atomic E-state index is 5.59. The van der Waals surface area contributed by atoms with E-state index in [4.69, 9.17) is 4.74 Å². The summed E-state index contributed by atoms with van der Waals surface area (Å²) >= 11 is 0. The van der Waals surface area contributed by atoms with Crippen molar-refractivity contribution < 1.29 is 4.74 Å². The number of hydrogen-bond acceptors (Lipinski definition) is 2. The molecule has 1 aromatic carbocycles. The third kappa shape index (κ3) is 3.92. The van der Waals surface area contributed by atoms with Gasteiger partial charge in [0.2, 0.25) is 0 Å². The Morgan fingerprint density at radius 3 is 2.73 bits per heavy atom. The van der Waals surface area contributed by atoms with E-state index in [9.17, 15) is 0 Å². The Balaban J connectivity index is 2.68. The Bertz CT molecular complexity index is 297. The maximum Gasteiger partial charge on any atom is 0.122 e. The van der Waals surface area contributed by atoms with Gasteiger partial charge in [0.25, 0.3) is 0 Å². The molecule has 2 heteroatoms. The molecular formula is C13H21NO. The summed E-state index contributed by atoms with van der Waals surface area (Å²) in [5.41, 5.74) is 2.60. The van der Waals surface area contributed by atoms with Gasteiger partial charge in [0.05, 0.1) is 6.61 Å². The third-order valence-electron chi connectivity index (χ3n) is 2.34. The van der Waals surface area contributed by atoms with Crippen molar-refractivity contribution in [3.05, 3.63) is 29.3 Å². The van der Waals surface area contributed by atoms with Gasteiger partial charge in [-0.25, -0.2) is 0 Å². The molecule has 84 valence electrons. The fourth-order valence-electron chi connectivity index (χ4n) is 1.60. The summed E-state index contributed by atoms with van der Waals surface area (Å²) in [6, 6.07) is 6.38. The predicted octanol–water partition coefficient (Wildman–Crippen LogP) is 2.55. The highest BCUT2D eigenvalue weighted by atomic mass is 16.5. The van der Waals surface area contributed by atoms with Crippen molar-refractivity contribution >= 4 is 0 Å². The molecule has 0 aliphatic heterocycles. The van der Waals surface area contributed by atoms with Gasteiger partial charge in [-0.15, -0.1) is 0 Å². The van der Waals surface area contributed by atoms with Crippen LogP contribution in [0.5, 0.6) is 5.75 Å². The molecule has 0 heterocycles. The molecule has 0 aliphatic rings.